The van der Waals surface area contributed by atoms with Crippen LogP contribution in [-0.2, 0) is 0 Å². The number of halogens is 1. The van der Waals surface area contributed by atoms with Crippen molar-refractivity contribution in [2.45, 2.75) is 31.5 Å². The summed E-state index contributed by atoms with van der Waals surface area (Å²) in [5, 5.41) is 23.7. The van der Waals surface area contributed by atoms with Crippen molar-refractivity contribution in [2.75, 3.05) is 7.05 Å². The third-order valence-corrected chi connectivity index (χ3v) is 5.50. The van der Waals surface area contributed by atoms with Crippen LogP contribution < -0.4 is 5.32 Å². The van der Waals surface area contributed by atoms with Gasteiger partial charge >= 0.3 is 0 Å². The molecule has 3 aromatic rings. The van der Waals surface area contributed by atoms with Gasteiger partial charge in [-0.25, -0.2) is 9.37 Å². The van der Waals surface area contributed by atoms with Crippen molar-refractivity contribution in [3.63, 3.8) is 0 Å². The van der Waals surface area contributed by atoms with E-state index in [-0.39, 0.29) is 17.7 Å². The fourth-order valence-electron chi connectivity index (χ4n) is 3.80. The van der Waals surface area contributed by atoms with Crippen LogP contribution in [0.15, 0.2) is 43.4 Å². The Bertz CT molecular complexity index is 1010. The number of phenolic OH excluding ortho intramolecular Hbond substituents is 1. The van der Waals surface area contributed by atoms with E-state index in [1.54, 1.807) is 24.7 Å². The van der Waals surface area contributed by atoms with E-state index in [0.29, 0.717) is 35.5 Å². The molecule has 0 radical (unpaired) electrons. The number of pyridine rings is 1. The average Bonchev–Trinajstić information content (AvgIpc) is 2.73. The molecule has 1 aliphatic rings. The molecule has 1 saturated carbocycles. The lowest BCUT2D eigenvalue weighted by molar-refractivity contribution is 0.180. The van der Waals surface area contributed by atoms with Gasteiger partial charge in [0.1, 0.15) is 17.6 Å². The highest BCUT2D eigenvalue weighted by Crippen LogP contribution is 2.36. The molecule has 144 valence electrons. The predicted molar refractivity (Wildman–Crippen MR) is 106 cm³/mol. The lowest BCUT2D eigenvalue weighted by atomic mass is 9.80. The lowest BCUT2D eigenvalue weighted by Gasteiger charge is -2.32. The highest BCUT2D eigenvalue weighted by Gasteiger charge is 2.33. The van der Waals surface area contributed by atoms with E-state index >= 15 is 0 Å². The Morgan fingerprint density at radius 2 is 2.07 bits per heavy atom. The number of phenols is 1. The maximum Gasteiger partial charge on any atom is 0.177 e. The van der Waals surface area contributed by atoms with Gasteiger partial charge in [0.25, 0.3) is 0 Å². The van der Waals surface area contributed by atoms with E-state index in [1.807, 2.05) is 19.2 Å². The SMILES string of the molecule is C=C(c1ncc(-c2cc3ccncc3cc2O)nn1)[C@H]1CC(NC)CCC1F. The monoisotopic (exact) mass is 379 g/mol. The number of nitrogens with one attached hydrogen (secondary N) is 1. The standard InChI is InChI=1S/C21H22FN5O/c1-12(16-9-15(23-2)3-4-18(16)22)21-25-11-19(26-27-21)17-7-13-5-6-24-10-14(13)8-20(17)28/h5-8,10-11,15-16,18,23,28H,1,3-4,9H2,2H3/t15?,16-,18?/m1/s1. The number of nitrogens with zero attached hydrogens (tertiary/aromatic N) is 4. The van der Waals surface area contributed by atoms with Gasteiger partial charge in [-0.3, -0.25) is 4.98 Å². The Morgan fingerprint density at radius 3 is 2.82 bits per heavy atom. The van der Waals surface area contributed by atoms with E-state index in [4.69, 9.17) is 0 Å². The molecule has 4 rings (SSSR count). The molecule has 1 aliphatic carbocycles. The zero-order valence-corrected chi connectivity index (χ0v) is 15.6. The topological polar surface area (TPSA) is 83.8 Å². The molecule has 0 spiro atoms. The molecule has 2 heterocycles. The second-order valence-corrected chi connectivity index (χ2v) is 7.21. The van der Waals surface area contributed by atoms with Gasteiger partial charge in [-0.1, -0.05) is 6.58 Å². The zero-order valence-electron chi connectivity index (χ0n) is 15.6. The minimum absolute atomic E-state index is 0.0798. The first-order valence-corrected chi connectivity index (χ1v) is 9.34. The second-order valence-electron chi connectivity index (χ2n) is 7.21. The number of aromatic nitrogens is 4. The highest BCUT2D eigenvalue weighted by molar-refractivity contribution is 5.89. The number of benzene rings is 1. The van der Waals surface area contributed by atoms with E-state index in [2.05, 4.69) is 32.1 Å². The van der Waals surface area contributed by atoms with E-state index in [9.17, 15) is 9.50 Å². The molecule has 0 aliphatic heterocycles. The van der Waals surface area contributed by atoms with E-state index in [1.165, 1.54) is 0 Å². The van der Waals surface area contributed by atoms with Gasteiger partial charge in [-0.05, 0) is 55.5 Å². The quantitative estimate of drug-likeness (QED) is 0.721. The summed E-state index contributed by atoms with van der Waals surface area (Å²) in [6, 6.07) is 5.59. The van der Waals surface area contributed by atoms with Crippen molar-refractivity contribution >= 4 is 16.3 Å². The van der Waals surface area contributed by atoms with Crippen LogP contribution in [-0.4, -0.2) is 44.5 Å². The summed E-state index contributed by atoms with van der Waals surface area (Å²) in [5.41, 5.74) is 1.55. The lowest BCUT2D eigenvalue weighted by Crippen LogP contribution is -2.37. The molecule has 1 fully saturated rings. The van der Waals surface area contributed by atoms with Crippen molar-refractivity contribution in [3.8, 4) is 17.0 Å². The summed E-state index contributed by atoms with van der Waals surface area (Å²) >= 11 is 0. The third kappa shape index (κ3) is 3.45. The summed E-state index contributed by atoms with van der Waals surface area (Å²) in [4.78, 5) is 8.41. The number of fused-ring (bicyclic) bond motifs is 1. The molecule has 1 aromatic carbocycles. The zero-order chi connectivity index (χ0) is 19.7. The molecule has 2 N–H and O–H groups in total. The first kappa shape index (κ1) is 18.4. The minimum Gasteiger partial charge on any atom is -0.507 e. The number of alkyl halides is 1. The van der Waals surface area contributed by atoms with Crippen LogP contribution in [0.5, 0.6) is 5.75 Å². The van der Waals surface area contributed by atoms with Crippen molar-refractivity contribution in [2.24, 2.45) is 5.92 Å². The molecular formula is C21H22FN5O. The van der Waals surface area contributed by atoms with Crippen LogP contribution in [0.4, 0.5) is 4.39 Å². The van der Waals surface area contributed by atoms with Gasteiger partial charge in [-0.15, -0.1) is 10.2 Å². The van der Waals surface area contributed by atoms with Crippen LogP contribution in [0.2, 0.25) is 0 Å². The molecule has 3 atom stereocenters. The van der Waals surface area contributed by atoms with Crippen molar-refractivity contribution in [1.82, 2.24) is 25.5 Å². The van der Waals surface area contributed by atoms with Crippen molar-refractivity contribution in [1.29, 1.82) is 0 Å². The molecule has 0 bridgehead atoms. The van der Waals surface area contributed by atoms with Gasteiger partial charge in [0.05, 0.1) is 6.20 Å². The maximum atomic E-state index is 14.4. The van der Waals surface area contributed by atoms with Gasteiger partial charge in [0.15, 0.2) is 5.82 Å². The molecule has 0 saturated heterocycles. The van der Waals surface area contributed by atoms with Gasteiger partial charge in [-0.2, -0.15) is 0 Å². The smallest absolute Gasteiger partial charge is 0.177 e. The number of hydrogen-bond acceptors (Lipinski definition) is 6. The van der Waals surface area contributed by atoms with Crippen LogP contribution in [0, 0.1) is 5.92 Å². The minimum atomic E-state index is -0.946. The second kappa shape index (κ2) is 7.59. The maximum absolute atomic E-state index is 14.4. The van der Waals surface area contributed by atoms with Gasteiger partial charge in [0, 0.05) is 35.3 Å². The number of aromatic hydroxyl groups is 1. The molecule has 2 aromatic heterocycles. The Kier molecular flexibility index (Phi) is 5.00. The van der Waals surface area contributed by atoms with E-state index in [0.717, 1.165) is 17.2 Å². The summed E-state index contributed by atoms with van der Waals surface area (Å²) in [7, 11) is 1.89. The van der Waals surface area contributed by atoms with E-state index < -0.39 is 6.17 Å². The predicted octanol–water partition coefficient (Wildman–Crippen LogP) is 3.53. The number of hydrogen-bond donors (Lipinski definition) is 2. The fourth-order valence-corrected chi connectivity index (χ4v) is 3.80. The van der Waals surface area contributed by atoms with Crippen LogP contribution in [0.25, 0.3) is 27.6 Å². The molecule has 7 heteroatoms. The summed E-state index contributed by atoms with van der Waals surface area (Å²) < 4.78 is 14.4. The summed E-state index contributed by atoms with van der Waals surface area (Å²) in [6.07, 6.45) is 5.96. The molecule has 28 heavy (non-hydrogen) atoms. The van der Waals surface area contributed by atoms with Crippen LogP contribution in [0.3, 0.4) is 0 Å². The third-order valence-electron chi connectivity index (χ3n) is 5.50. The first-order valence-electron chi connectivity index (χ1n) is 9.34. The summed E-state index contributed by atoms with van der Waals surface area (Å²) in [6.45, 7) is 4.04. The molecule has 0 amide bonds. The first-order chi connectivity index (χ1) is 13.6. The summed E-state index contributed by atoms with van der Waals surface area (Å²) in [5.74, 6) is 0.106. The Hall–Kier alpha value is -2.93. The van der Waals surface area contributed by atoms with Crippen molar-refractivity contribution < 1.29 is 9.50 Å². The number of allylic oxidation sites excluding steroid dienone is 1. The van der Waals surface area contributed by atoms with Crippen LogP contribution >= 0.6 is 0 Å². The molecule has 6 nitrogen and oxygen atoms in total. The molecule has 2 unspecified atom stereocenters. The Labute approximate surface area is 162 Å². The highest BCUT2D eigenvalue weighted by atomic mass is 19.1. The van der Waals surface area contributed by atoms with Gasteiger partial charge in [0.2, 0.25) is 0 Å². The largest absolute Gasteiger partial charge is 0.507 e. The Balaban J connectivity index is 1.60. The normalized spacial score (nSPS) is 22.3. The fraction of sp³-hybridized carbons (Fsp3) is 0.333. The Morgan fingerprint density at radius 1 is 1.21 bits per heavy atom. The number of rotatable bonds is 4. The average molecular weight is 379 g/mol. The van der Waals surface area contributed by atoms with Crippen molar-refractivity contribution in [3.05, 3.63) is 49.2 Å². The van der Waals surface area contributed by atoms with Crippen LogP contribution in [0.1, 0.15) is 25.1 Å². The molecular weight excluding hydrogens is 357 g/mol. The van der Waals surface area contributed by atoms with Gasteiger partial charge < -0.3 is 10.4 Å².